The van der Waals surface area contributed by atoms with Gasteiger partial charge in [0.15, 0.2) is 5.96 Å². The number of guanidine groups is 1. The highest BCUT2D eigenvalue weighted by Gasteiger charge is 1.99. The number of nitrogens with zero attached hydrogens (tertiary/aromatic N) is 1. The van der Waals surface area contributed by atoms with Crippen molar-refractivity contribution in [2.75, 3.05) is 46.6 Å². The zero-order chi connectivity index (χ0) is 18.3. The topological polar surface area (TPSA) is 54.9 Å². The lowest BCUT2D eigenvalue weighted by Gasteiger charge is -2.12. The molecule has 0 saturated carbocycles. The average Bonchev–Trinajstić information content (AvgIpc) is 2.56. The second-order valence-electron chi connectivity index (χ2n) is 6.25. The number of hydrogen-bond acceptors (Lipinski definition) is 3. The first-order valence-corrected chi connectivity index (χ1v) is 9.31. The lowest BCUT2D eigenvalue weighted by Crippen LogP contribution is -2.38. The molecular formula is C20H36IN3O2. The van der Waals surface area contributed by atoms with E-state index in [1.54, 1.807) is 7.11 Å². The molecule has 1 aromatic rings. The number of unbranched alkanes of at least 4 members (excludes halogenated alkanes) is 1. The molecule has 0 radical (unpaired) electrons. The van der Waals surface area contributed by atoms with E-state index in [0.717, 1.165) is 51.5 Å². The van der Waals surface area contributed by atoms with Crippen molar-refractivity contribution in [3.05, 3.63) is 34.9 Å². The molecule has 0 atom stereocenters. The smallest absolute Gasteiger partial charge is 0.191 e. The summed E-state index contributed by atoms with van der Waals surface area (Å²) in [5.74, 6) is 0.896. The van der Waals surface area contributed by atoms with Gasteiger partial charge in [-0.05, 0) is 45.6 Å². The third-order valence-corrected chi connectivity index (χ3v) is 3.73. The van der Waals surface area contributed by atoms with E-state index in [2.05, 4.69) is 54.6 Å². The van der Waals surface area contributed by atoms with Gasteiger partial charge in [0.05, 0.1) is 13.2 Å². The number of aliphatic imine (C=N–C) groups is 1. The van der Waals surface area contributed by atoms with Crippen LogP contribution in [0.4, 0.5) is 0 Å². The monoisotopic (exact) mass is 477 g/mol. The Labute approximate surface area is 176 Å². The van der Waals surface area contributed by atoms with E-state index in [1.807, 2.05) is 0 Å². The van der Waals surface area contributed by atoms with Gasteiger partial charge in [0, 0.05) is 33.4 Å². The van der Waals surface area contributed by atoms with Gasteiger partial charge in [-0.3, -0.25) is 4.99 Å². The van der Waals surface area contributed by atoms with Gasteiger partial charge in [0.2, 0.25) is 0 Å². The summed E-state index contributed by atoms with van der Waals surface area (Å²) in [5.41, 5.74) is 4.01. The van der Waals surface area contributed by atoms with E-state index in [9.17, 15) is 0 Å². The molecule has 0 fully saturated rings. The Kier molecular flexibility index (Phi) is 15.8. The number of ether oxygens (including phenoxy) is 2. The van der Waals surface area contributed by atoms with Gasteiger partial charge in [0.1, 0.15) is 0 Å². The molecule has 150 valence electrons. The van der Waals surface area contributed by atoms with Gasteiger partial charge in [-0.1, -0.05) is 29.3 Å². The third-order valence-electron chi connectivity index (χ3n) is 3.73. The molecule has 0 spiro atoms. The molecule has 0 aliphatic rings. The van der Waals surface area contributed by atoms with Crippen LogP contribution >= 0.6 is 24.0 Å². The van der Waals surface area contributed by atoms with E-state index in [0.29, 0.717) is 13.2 Å². The summed E-state index contributed by atoms with van der Waals surface area (Å²) in [6.07, 6.45) is 3.05. The first kappa shape index (κ1) is 25.1. The summed E-state index contributed by atoms with van der Waals surface area (Å²) in [5, 5.41) is 6.72. The first-order chi connectivity index (χ1) is 12.2. The Bertz CT molecular complexity index is 490. The maximum absolute atomic E-state index is 5.46. The number of aryl methyl sites for hydroxylation is 2. The minimum absolute atomic E-state index is 0. The van der Waals surface area contributed by atoms with Crippen LogP contribution in [0.15, 0.2) is 23.2 Å². The molecule has 1 rings (SSSR count). The molecule has 0 heterocycles. The molecular weight excluding hydrogens is 441 g/mol. The molecule has 26 heavy (non-hydrogen) atoms. The predicted octanol–water partition coefficient (Wildman–Crippen LogP) is 3.46. The number of hydrogen-bond donors (Lipinski definition) is 2. The Morgan fingerprint density at radius 1 is 1.00 bits per heavy atom. The number of methoxy groups -OCH3 is 1. The molecule has 1 aromatic carbocycles. The zero-order valence-corrected chi connectivity index (χ0v) is 19.1. The summed E-state index contributed by atoms with van der Waals surface area (Å²) in [6.45, 7) is 11.1. The van der Waals surface area contributed by atoms with Crippen LogP contribution in [0.3, 0.4) is 0 Å². The fraction of sp³-hybridized carbons (Fsp3) is 0.650. The minimum Gasteiger partial charge on any atom is -0.382 e. The van der Waals surface area contributed by atoms with Crippen LogP contribution in [0.1, 0.15) is 36.5 Å². The van der Waals surface area contributed by atoms with E-state index < -0.39 is 0 Å². The quantitative estimate of drug-likeness (QED) is 0.210. The summed E-state index contributed by atoms with van der Waals surface area (Å²) in [6, 6.07) is 6.71. The van der Waals surface area contributed by atoms with Crippen molar-refractivity contribution in [1.82, 2.24) is 10.6 Å². The Balaban J connectivity index is 0.00000625. The highest BCUT2D eigenvalue weighted by molar-refractivity contribution is 14.0. The number of benzene rings is 1. The summed E-state index contributed by atoms with van der Waals surface area (Å²) in [7, 11) is 1.69. The fourth-order valence-corrected chi connectivity index (χ4v) is 2.63. The zero-order valence-electron chi connectivity index (χ0n) is 16.8. The largest absolute Gasteiger partial charge is 0.382 e. The Morgan fingerprint density at radius 2 is 1.73 bits per heavy atom. The van der Waals surface area contributed by atoms with Crippen LogP contribution in [-0.2, 0) is 15.9 Å². The van der Waals surface area contributed by atoms with Gasteiger partial charge in [-0.2, -0.15) is 0 Å². The third kappa shape index (κ3) is 12.5. The van der Waals surface area contributed by atoms with Crippen LogP contribution < -0.4 is 10.6 Å². The van der Waals surface area contributed by atoms with Crippen molar-refractivity contribution in [2.24, 2.45) is 4.99 Å². The maximum atomic E-state index is 5.46. The predicted molar refractivity (Wildman–Crippen MR) is 121 cm³/mol. The molecule has 2 N–H and O–H groups in total. The Hall–Kier alpha value is -0.860. The van der Waals surface area contributed by atoms with Crippen LogP contribution in [0.2, 0.25) is 0 Å². The average molecular weight is 477 g/mol. The van der Waals surface area contributed by atoms with Gasteiger partial charge in [-0.25, -0.2) is 0 Å². The van der Waals surface area contributed by atoms with Crippen molar-refractivity contribution < 1.29 is 9.47 Å². The van der Waals surface area contributed by atoms with Crippen molar-refractivity contribution in [1.29, 1.82) is 0 Å². The van der Waals surface area contributed by atoms with Crippen molar-refractivity contribution in [2.45, 2.75) is 40.0 Å². The first-order valence-electron chi connectivity index (χ1n) is 9.31. The second-order valence-corrected chi connectivity index (χ2v) is 6.25. The number of rotatable bonds is 12. The fourth-order valence-electron chi connectivity index (χ4n) is 2.63. The summed E-state index contributed by atoms with van der Waals surface area (Å²) < 4.78 is 10.4. The molecule has 6 heteroatoms. The van der Waals surface area contributed by atoms with E-state index in [-0.39, 0.29) is 24.0 Å². The molecule has 0 aliphatic heterocycles. The van der Waals surface area contributed by atoms with Crippen LogP contribution in [-0.4, -0.2) is 52.5 Å². The lowest BCUT2D eigenvalue weighted by molar-refractivity contribution is 0.0690. The maximum Gasteiger partial charge on any atom is 0.191 e. The molecule has 0 amide bonds. The number of halogens is 1. The van der Waals surface area contributed by atoms with E-state index >= 15 is 0 Å². The highest BCUT2D eigenvalue weighted by atomic mass is 127. The van der Waals surface area contributed by atoms with Crippen LogP contribution in [0.25, 0.3) is 0 Å². The molecule has 0 aromatic heterocycles. The molecule has 0 bridgehead atoms. The van der Waals surface area contributed by atoms with Crippen molar-refractivity contribution in [3.63, 3.8) is 0 Å². The normalized spacial score (nSPS) is 11.2. The van der Waals surface area contributed by atoms with Crippen molar-refractivity contribution >= 4 is 29.9 Å². The van der Waals surface area contributed by atoms with Gasteiger partial charge >= 0.3 is 0 Å². The highest BCUT2D eigenvalue weighted by Crippen LogP contribution is 2.08. The lowest BCUT2D eigenvalue weighted by atomic mass is 10.1. The summed E-state index contributed by atoms with van der Waals surface area (Å²) >= 11 is 0. The number of nitrogens with one attached hydrogen (secondary N) is 2. The van der Waals surface area contributed by atoms with Crippen molar-refractivity contribution in [3.8, 4) is 0 Å². The van der Waals surface area contributed by atoms with Crippen LogP contribution in [0, 0.1) is 13.8 Å². The molecule has 5 nitrogen and oxygen atoms in total. The van der Waals surface area contributed by atoms with E-state index in [1.165, 1.54) is 16.7 Å². The summed E-state index contributed by atoms with van der Waals surface area (Å²) in [4.78, 5) is 4.63. The van der Waals surface area contributed by atoms with Gasteiger partial charge in [-0.15, -0.1) is 24.0 Å². The minimum atomic E-state index is 0. The standard InChI is InChI=1S/C20H35N3O2.HI/c1-5-21-20(22-9-6-7-11-25-13-12-24-4)23-10-8-19-15-17(2)14-18(3)16-19;/h14-16H,5-13H2,1-4H3,(H2,21,22,23);1H. The van der Waals surface area contributed by atoms with E-state index in [4.69, 9.17) is 9.47 Å². The van der Waals surface area contributed by atoms with Crippen LogP contribution in [0.5, 0.6) is 0 Å². The Morgan fingerprint density at radius 3 is 2.38 bits per heavy atom. The molecule has 0 unspecified atom stereocenters. The van der Waals surface area contributed by atoms with Gasteiger partial charge < -0.3 is 20.1 Å². The molecule has 0 saturated heterocycles. The van der Waals surface area contributed by atoms with Gasteiger partial charge in [0.25, 0.3) is 0 Å². The molecule has 0 aliphatic carbocycles. The second kappa shape index (κ2) is 16.3. The SMILES string of the molecule is CCNC(=NCCCCOCCOC)NCCc1cc(C)cc(C)c1.I.